The number of aliphatic hydroxyl groups is 1. The van der Waals surface area contributed by atoms with Gasteiger partial charge in [-0.25, -0.2) is 0 Å². The van der Waals surface area contributed by atoms with E-state index in [1.165, 1.54) is 20.7 Å². The Balaban J connectivity index is 1.44. The first-order valence-electron chi connectivity index (χ1n) is 24.1. The van der Waals surface area contributed by atoms with Crippen molar-refractivity contribution in [2.24, 2.45) is 0 Å². The van der Waals surface area contributed by atoms with E-state index in [0.29, 0.717) is 12.8 Å². The Morgan fingerprint density at radius 1 is 0.609 bits per heavy atom. The van der Waals surface area contributed by atoms with Crippen molar-refractivity contribution in [2.75, 3.05) is 0 Å². The minimum absolute atomic E-state index is 0.240. The lowest BCUT2D eigenvalue weighted by atomic mass is 9.87. The molecule has 0 amide bonds. The number of ether oxygens (including phenoxy) is 3. The third kappa shape index (κ3) is 9.31. The average molecular weight is 921 g/mol. The highest BCUT2D eigenvalue weighted by Crippen LogP contribution is 2.48. The normalized spacial score (nSPS) is 26.4. The highest BCUT2D eigenvalue weighted by molar-refractivity contribution is 7.00. The van der Waals surface area contributed by atoms with Gasteiger partial charge in [-0.2, -0.15) is 0 Å². The SMILES string of the molecule is C=CC(C[C@H]1O[C@H]2[C@@H](O[Si](c3ccccc3)(c3ccccc3)C(C)(C)C)[C@H]3O[C@@H](C(C)O)CC[C@@H]3O[C@H]2[C@H]1O[Si](c1ccccc1)(c1ccccc1)C(C)(C)C)O[Si](CC)(CC)CC. The second-order valence-corrected chi connectivity index (χ2v) is 33.8. The number of hydrogen-bond acceptors (Lipinski definition) is 7. The van der Waals surface area contributed by atoms with Crippen LogP contribution in [0.15, 0.2) is 134 Å². The lowest BCUT2D eigenvalue weighted by Crippen LogP contribution is -2.73. The molecular formula is C54H76O7Si3. The highest BCUT2D eigenvalue weighted by atomic mass is 28.4. The van der Waals surface area contributed by atoms with Gasteiger partial charge in [0.25, 0.3) is 16.6 Å². The molecule has 4 aromatic carbocycles. The zero-order valence-corrected chi connectivity index (χ0v) is 43.2. The Morgan fingerprint density at radius 3 is 1.39 bits per heavy atom. The van der Waals surface area contributed by atoms with Crippen molar-refractivity contribution in [1.82, 2.24) is 0 Å². The van der Waals surface area contributed by atoms with Crippen LogP contribution in [-0.2, 0) is 27.5 Å². The van der Waals surface area contributed by atoms with E-state index in [0.717, 1.165) is 24.6 Å². The fourth-order valence-corrected chi connectivity index (χ4v) is 23.4. The van der Waals surface area contributed by atoms with Gasteiger partial charge in [0.2, 0.25) is 0 Å². The number of hydrogen-bond donors (Lipinski definition) is 1. The fraction of sp³-hybridized carbons (Fsp3) is 0.519. The van der Waals surface area contributed by atoms with Gasteiger partial charge in [0, 0.05) is 6.42 Å². The molecule has 0 bridgehead atoms. The zero-order chi connectivity index (χ0) is 45.9. The largest absolute Gasteiger partial charge is 0.410 e. The molecule has 2 unspecified atom stereocenters. The van der Waals surface area contributed by atoms with Gasteiger partial charge in [0.05, 0.1) is 30.5 Å². The highest BCUT2D eigenvalue weighted by Gasteiger charge is 2.64. The van der Waals surface area contributed by atoms with Crippen LogP contribution in [0.4, 0.5) is 0 Å². The minimum Gasteiger partial charge on any atom is -0.410 e. The molecule has 0 radical (unpaired) electrons. The van der Waals surface area contributed by atoms with Crippen LogP contribution < -0.4 is 20.7 Å². The summed E-state index contributed by atoms with van der Waals surface area (Å²) in [7, 11) is -8.38. The van der Waals surface area contributed by atoms with E-state index in [1.807, 2.05) is 13.0 Å². The van der Waals surface area contributed by atoms with E-state index in [4.69, 9.17) is 27.5 Å². The van der Waals surface area contributed by atoms with E-state index in [1.54, 1.807) is 0 Å². The lowest BCUT2D eigenvalue weighted by molar-refractivity contribution is -0.263. The summed E-state index contributed by atoms with van der Waals surface area (Å²) in [4.78, 5) is 0. The molecule has 0 spiro atoms. The first kappa shape index (κ1) is 48.9. The number of benzene rings is 4. The summed E-state index contributed by atoms with van der Waals surface area (Å²) in [5, 5.41) is 15.3. The first-order valence-corrected chi connectivity index (χ1v) is 30.4. The van der Waals surface area contributed by atoms with E-state index in [9.17, 15) is 5.11 Å². The summed E-state index contributed by atoms with van der Waals surface area (Å²) >= 11 is 0. The molecule has 3 aliphatic heterocycles. The zero-order valence-electron chi connectivity index (χ0n) is 40.2. The predicted octanol–water partition coefficient (Wildman–Crippen LogP) is 9.31. The van der Waals surface area contributed by atoms with Gasteiger partial charge in [-0.1, -0.05) is 190 Å². The van der Waals surface area contributed by atoms with Gasteiger partial charge in [0.1, 0.15) is 30.5 Å². The Kier molecular flexibility index (Phi) is 15.3. The number of rotatable bonds is 17. The molecule has 0 aromatic heterocycles. The molecule has 10 atom stereocenters. The van der Waals surface area contributed by atoms with Gasteiger partial charge in [-0.05, 0) is 68.7 Å². The van der Waals surface area contributed by atoms with Crippen LogP contribution in [0.25, 0.3) is 0 Å². The van der Waals surface area contributed by atoms with Crippen molar-refractivity contribution < 1.29 is 32.6 Å². The van der Waals surface area contributed by atoms with Crippen LogP contribution in [-0.4, -0.2) is 91.1 Å². The van der Waals surface area contributed by atoms with E-state index < -0.39 is 67.7 Å². The third-order valence-corrected chi connectivity index (χ3v) is 29.5. The molecular weight excluding hydrogens is 845 g/mol. The smallest absolute Gasteiger partial charge is 0.261 e. The lowest BCUT2D eigenvalue weighted by Gasteiger charge is -2.53. The van der Waals surface area contributed by atoms with Crippen LogP contribution in [0.2, 0.25) is 28.2 Å². The summed E-state index contributed by atoms with van der Waals surface area (Å²) in [6.07, 6.45) is -0.596. The molecule has 3 saturated heterocycles. The summed E-state index contributed by atoms with van der Waals surface area (Å²) < 4.78 is 45.8. The molecule has 3 fully saturated rings. The standard InChI is InChI=1S/C54H76O7Si3/c1-12-40(59-62(13-2,14-3)15-4)38-47-49(60-63(53(6,7)8,41-28-20-16-21-29-41)42-30-22-17-23-31-42)50-51(58-47)52(48-46(57-50)37-36-45(56-48)39(5)55)61-64(54(9,10)11,43-32-24-18-25-33-43)44-34-26-19-27-35-44/h12,16-35,39-40,45-52,55H,1,13-15,36-38H2,2-11H3/t39?,40?,45-,46+,47-,48+,49+,50+,51-,52+/m1/s1. The summed E-state index contributed by atoms with van der Waals surface area (Å²) in [6, 6.07) is 46.5. The topological polar surface area (TPSA) is 75.6 Å². The van der Waals surface area contributed by atoms with Gasteiger partial charge >= 0.3 is 0 Å². The van der Waals surface area contributed by atoms with E-state index >= 15 is 0 Å². The monoisotopic (exact) mass is 920 g/mol. The van der Waals surface area contributed by atoms with Gasteiger partial charge in [-0.15, -0.1) is 6.58 Å². The van der Waals surface area contributed by atoms with Crippen molar-refractivity contribution in [3.05, 3.63) is 134 Å². The molecule has 3 heterocycles. The second kappa shape index (κ2) is 20.1. The molecule has 7 rings (SSSR count). The summed E-state index contributed by atoms with van der Waals surface area (Å²) in [5.74, 6) is 0. The molecule has 64 heavy (non-hydrogen) atoms. The third-order valence-electron chi connectivity index (χ3n) is 14.8. The van der Waals surface area contributed by atoms with Crippen molar-refractivity contribution in [2.45, 2.75) is 178 Å². The average Bonchev–Trinajstić information content (AvgIpc) is 3.63. The second-order valence-electron chi connectivity index (χ2n) is 20.6. The Hall–Kier alpha value is -3.01. The maximum absolute atomic E-state index is 11.1. The quantitative estimate of drug-likeness (QED) is 0.0837. The van der Waals surface area contributed by atoms with E-state index in [2.05, 4.69) is 190 Å². The van der Waals surface area contributed by atoms with Crippen molar-refractivity contribution in [3.8, 4) is 0 Å². The molecule has 10 heteroatoms. The Bertz CT molecular complexity index is 1980. The van der Waals surface area contributed by atoms with Crippen molar-refractivity contribution in [3.63, 3.8) is 0 Å². The van der Waals surface area contributed by atoms with E-state index in [-0.39, 0.29) is 28.4 Å². The molecule has 3 aliphatic rings. The number of fused-ring (bicyclic) bond motifs is 2. The first-order chi connectivity index (χ1) is 30.6. The van der Waals surface area contributed by atoms with Gasteiger partial charge in [0.15, 0.2) is 8.32 Å². The van der Waals surface area contributed by atoms with Gasteiger partial charge < -0.3 is 32.6 Å². The maximum Gasteiger partial charge on any atom is 0.261 e. The van der Waals surface area contributed by atoms with Crippen molar-refractivity contribution in [1.29, 1.82) is 0 Å². The predicted molar refractivity (Wildman–Crippen MR) is 269 cm³/mol. The minimum atomic E-state index is -3.18. The molecule has 0 aliphatic carbocycles. The molecule has 0 saturated carbocycles. The van der Waals surface area contributed by atoms with Crippen LogP contribution in [0.5, 0.6) is 0 Å². The summed E-state index contributed by atoms with van der Waals surface area (Å²) in [6.45, 7) is 27.0. The van der Waals surface area contributed by atoms with Gasteiger partial charge in [-0.3, -0.25) is 0 Å². The fourth-order valence-electron chi connectivity index (χ4n) is 11.2. The van der Waals surface area contributed by atoms with Crippen LogP contribution in [0.3, 0.4) is 0 Å². The number of aliphatic hydroxyl groups excluding tert-OH is 1. The maximum atomic E-state index is 11.1. The van der Waals surface area contributed by atoms with Crippen molar-refractivity contribution >= 4 is 45.7 Å². The van der Waals surface area contributed by atoms with Crippen LogP contribution in [0.1, 0.15) is 88.5 Å². The van der Waals surface area contributed by atoms with Crippen LogP contribution >= 0.6 is 0 Å². The van der Waals surface area contributed by atoms with Crippen LogP contribution in [0, 0.1) is 0 Å². The molecule has 1 N–H and O–H groups in total. The Morgan fingerprint density at radius 2 is 1.02 bits per heavy atom. The summed E-state index contributed by atoms with van der Waals surface area (Å²) in [5.41, 5.74) is 0. The molecule has 346 valence electrons. The molecule has 4 aromatic rings. The molecule has 7 nitrogen and oxygen atoms in total. The Labute approximate surface area is 388 Å².